The lowest BCUT2D eigenvalue weighted by Gasteiger charge is -2.26. The summed E-state index contributed by atoms with van der Waals surface area (Å²) in [7, 11) is 0. The van der Waals surface area contributed by atoms with Gasteiger partial charge in [-0.2, -0.15) is 0 Å². The van der Waals surface area contributed by atoms with Gasteiger partial charge in [0.2, 0.25) is 0 Å². The first kappa shape index (κ1) is 37.7. The molecule has 0 radical (unpaired) electrons. The minimum absolute atomic E-state index is 1.11. The summed E-state index contributed by atoms with van der Waals surface area (Å²) >= 11 is 1.89. The first-order chi connectivity index (χ1) is 31.7. The molecule has 1 nitrogen and oxygen atoms in total. The number of benzene rings is 11. The van der Waals surface area contributed by atoms with Gasteiger partial charge >= 0.3 is 0 Å². The zero-order valence-corrected chi connectivity index (χ0v) is 35.8. The van der Waals surface area contributed by atoms with Gasteiger partial charge in [0.15, 0.2) is 0 Å². The van der Waals surface area contributed by atoms with Crippen LogP contribution in [0.1, 0.15) is 0 Å². The summed E-state index contributed by atoms with van der Waals surface area (Å²) in [6.45, 7) is 0. The second kappa shape index (κ2) is 16.0. The molecule has 0 spiro atoms. The van der Waals surface area contributed by atoms with E-state index in [1.54, 1.807) is 0 Å². The van der Waals surface area contributed by atoms with Crippen molar-refractivity contribution in [1.29, 1.82) is 0 Å². The van der Waals surface area contributed by atoms with Gasteiger partial charge in [0.1, 0.15) is 0 Å². The molecule has 0 unspecified atom stereocenters. The molecule has 0 saturated heterocycles. The highest BCUT2D eigenvalue weighted by molar-refractivity contribution is 7.27. The Labute approximate surface area is 377 Å². The fourth-order valence-corrected chi connectivity index (χ4v) is 11.0. The third-order valence-electron chi connectivity index (χ3n) is 12.7. The van der Waals surface area contributed by atoms with Crippen LogP contribution in [0.2, 0.25) is 0 Å². The van der Waals surface area contributed by atoms with E-state index in [2.05, 4.69) is 254 Å². The average molecular weight is 832 g/mol. The first-order valence-corrected chi connectivity index (χ1v) is 22.7. The minimum atomic E-state index is 1.11. The van der Waals surface area contributed by atoms with Crippen LogP contribution in [-0.4, -0.2) is 0 Å². The van der Waals surface area contributed by atoms with Crippen LogP contribution in [0.4, 0.5) is 17.1 Å². The Bertz CT molecular complexity index is 3640. The zero-order chi connectivity index (χ0) is 42.4. The van der Waals surface area contributed by atoms with Crippen molar-refractivity contribution in [3.63, 3.8) is 0 Å². The molecule has 11 aromatic carbocycles. The highest BCUT2D eigenvalue weighted by Gasteiger charge is 2.20. The molecule has 0 aliphatic heterocycles. The normalized spacial score (nSPS) is 11.4. The van der Waals surface area contributed by atoms with Crippen LogP contribution < -0.4 is 4.90 Å². The molecule has 64 heavy (non-hydrogen) atoms. The molecule has 0 atom stereocenters. The fourth-order valence-electron chi connectivity index (χ4n) is 9.62. The van der Waals surface area contributed by atoms with E-state index >= 15 is 0 Å². The summed E-state index contributed by atoms with van der Waals surface area (Å²) in [5.74, 6) is 0. The van der Waals surface area contributed by atoms with E-state index < -0.39 is 0 Å². The molecular formula is C62H41NS. The van der Waals surface area contributed by atoms with E-state index in [-0.39, 0.29) is 0 Å². The van der Waals surface area contributed by atoms with E-state index in [9.17, 15) is 0 Å². The summed E-state index contributed by atoms with van der Waals surface area (Å²) in [5, 5.41) is 7.64. The third-order valence-corrected chi connectivity index (χ3v) is 14.0. The van der Waals surface area contributed by atoms with Crippen LogP contribution in [0.25, 0.3) is 97.4 Å². The molecule has 0 aliphatic carbocycles. The smallest absolute Gasteiger partial charge is 0.0640 e. The van der Waals surface area contributed by atoms with Gasteiger partial charge in [0.05, 0.1) is 10.4 Å². The van der Waals surface area contributed by atoms with E-state index in [0.29, 0.717) is 0 Å². The molecule has 0 N–H and O–H groups in total. The Morgan fingerprint density at radius 1 is 0.266 bits per heavy atom. The monoisotopic (exact) mass is 831 g/mol. The van der Waals surface area contributed by atoms with Crippen LogP contribution in [0.15, 0.2) is 249 Å². The molecule has 0 bridgehead atoms. The Hall–Kier alpha value is -8.04. The lowest BCUT2D eigenvalue weighted by Crippen LogP contribution is -2.10. The van der Waals surface area contributed by atoms with Gasteiger partial charge in [-0.15, -0.1) is 11.3 Å². The Morgan fingerprint density at radius 2 is 0.734 bits per heavy atom. The van der Waals surface area contributed by atoms with Crippen LogP contribution in [0.3, 0.4) is 0 Å². The standard InChI is InChI=1S/C62H41NS/c1-3-15-43(16-4-1)52-24-9-10-25-53(52)49-23-11-22-48(41-49)42-31-36-50(37-32-42)63(59-30-14-29-57-58-40-35-45-19-7-8-26-56(45)61(58)64-62(57)59)51-38-33-46(34-39-51)55-28-13-21-47-20-12-27-54(60(47)55)44-17-5-2-6-18-44/h1-41H. The zero-order valence-electron chi connectivity index (χ0n) is 35.0. The van der Waals surface area contributed by atoms with Crippen molar-refractivity contribution < 1.29 is 0 Å². The molecule has 0 amide bonds. The molecule has 0 aliphatic rings. The summed E-state index contributed by atoms with van der Waals surface area (Å²) in [6, 6.07) is 90.8. The fraction of sp³-hybridized carbons (Fsp3) is 0. The summed E-state index contributed by atoms with van der Waals surface area (Å²) in [6.07, 6.45) is 0. The number of rotatable bonds is 8. The molecule has 0 saturated carbocycles. The Morgan fingerprint density at radius 3 is 1.44 bits per heavy atom. The molecule has 1 heterocycles. The number of hydrogen-bond donors (Lipinski definition) is 0. The molecule has 1 aromatic heterocycles. The van der Waals surface area contributed by atoms with Crippen molar-refractivity contribution in [3.8, 4) is 55.6 Å². The largest absolute Gasteiger partial charge is 0.309 e. The minimum Gasteiger partial charge on any atom is -0.309 e. The van der Waals surface area contributed by atoms with Gasteiger partial charge in [-0.05, 0) is 114 Å². The van der Waals surface area contributed by atoms with Gasteiger partial charge in [-0.3, -0.25) is 0 Å². The van der Waals surface area contributed by atoms with Crippen molar-refractivity contribution in [2.45, 2.75) is 0 Å². The molecule has 300 valence electrons. The van der Waals surface area contributed by atoms with E-state index in [0.717, 1.165) is 11.4 Å². The van der Waals surface area contributed by atoms with Crippen LogP contribution in [0, 0.1) is 0 Å². The second-order valence-electron chi connectivity index (χ2n) is 16.4. The summed E-state index contributed by atoms with van der Waals surface area (Å²) in [5.41, 5.74) is 15.5. The third kappa shape index (κ3) is 6.64. The maximum Gasteiger partial charge on any atom is 0.0640 e. The molecule has 12 rings (SSSR count). The lowest BCUT2D eigenvalue weighted by atomic mass is 9.91. The topological polar surface area (TPSA) is 3.24 Å². The average Bonchev–Trinajstić information content (AvgIpc) is 3.77. The van der Waals surface area contributed by atoms with Crippen molar-refractivity contribution in [1.82, 2.24) is 0 Å². The van der Waals surface area contributed by atoms with Crippen LogP contribution in [0.5, 0.6) is 0 Å². The van der Waals surface area contributed by atoms with Crippen molar-refractivity contribution in [3.05, 3.63) is 249 Å². The van der Waals surface area contributed by atoms with Gasteiger partial charge in [-0.1, -0.05) is 212 Å². The Kier molecular flexibility index (Phi) is 9.43. The number of hydrogen-bond acceptors (Lipinski definition) is 2. The first-order valence-electron chi connectivity index (χ1n) is 21.9. The number of nitrogens with zero attached hydrogens (tertiary/aromatic N) is 1. The highest BCUT2D eigenvalue weighted by Crippen LogP contribution is 2.47. The molecule has 2 heteroatoms. The van der Waals surface area contributed by atoms with E-state index in [4.69, 9.17) is 0 Å². The lowest BCUT2D eigenvalue weighted by molar-refractivity contribution is 1.30. The quantitative estimate of drug-likeness (QED) is 0.147. The van der Waals surface area contributed by atoms with Gasteiger partial charge in [0.25, 0.3) is 0 Å². The van der Waals surface area contributed by atoms with Gasteiger partial charge in [-0.25, -0.2) is 0 Å². The molecule has 0 fully saturated rings. The number of anilines is 3. The maximum atomic E-state index is 2.44. The van der Waals surface area contributed by atoms with E-state index in [1.165, 1.54) is 103 Å². The van der Waals surface area contributed by atoms with E-state index in [1.807, 2.05) is 11.3 Å². The predicted octanol–water partition coefficient (Wildman–Crippen LogP) is 18.2. The summed E-state index contributed by atoms with van der Waals surface area (Å²) < 4.78 is 2.60. The van der Waals surface area contributed by atoms with Crippen molar-refractivity contribution in [2.24, 2.45) is 0 Å². The maximum absolute atomic E-state index is 2.44. The SMILES string of the molecule is c1ccc(-c2ccccc2-c2cccc(-c3ccc(N(c4ccc(-c5cccc6cccc(-c7ccccc7)c56)cc4)c4cccc5c4sc4c6ccccc6ccc54)cc3)c2)cc1. The number of thiophene rings is 1. The molecular weight excluding hydrogens is 791 g/mol. The van der Waals surface area contributed by atoms with Gasteiger partial charge in [0, 0.05) is 26.8 Å². The van der Waals surface area contributed by atoms with Crippen LogP contribution in [-0.2, 0) is 0 Å². The number of fused-ring (bicyclic) bond motifs is 6. The highest BCUT2D eigenvalue weighted by atomic mass is 32.1. The molecule has 12 aromatic rings. The predicted molar refractivity (Wildman–Crippen MR) is 276 cm³/mol. The van der Waals surface area contributed by atoms with Crippen molar-refractivity contribution >= 4 is 70.1 Å². The Balaban J connectivity index is 0.981. The second-order valence-corrected chi connectivity index (χ2v) is 17.4. The van der Waals surface area contributed by atoms with Crippen molar-refractivity contribution in [2.75, 3.05) is 4.90 Å². The van der Waals surface area contributed by atoms with Crippen LogP contribution >= 0.6 is 11.3 Å². The summed E-state index contributed by atoms with van der Waals surface area (Å²) in [4.78, 5) is 2.44. The van der Waals surface area contributed by atoms with Gasteiger partial charge < -0.3 is 4.90 Å².